The van der Waals surface area contributed by atoms with Crippen molar-refractivity contribution in [1.29, 1.82) is 0 Å². The summed E-state index contributed by atoms with van der Waals surface area (Å²) in [5.74, 6) is 1.37. The minimum absolute atomic E-state index is 0.402. The zero-order valence-electron chi connectivity index (χ0n) is 20.5. The maximum atomic E-state index is 5.63. The molecule has 0 aromatic carbocycles. The highest BCUT2D eigenvalue weighted by Gasteiger charge is 2.23. The number of pyridine rings is 2. The third-order valence-corrected chi connectivity index (χ3v) is 7.09. The van der Waals surface area contributed by atoms with Gasteiger partial charge in [-0.2, -0.15) is 0 Å². The summed E-state index contributed by atoms with van der Waals surface area (Å²) in [4.78, 5) is 10.0. The Kier molecular flexibility index (Phi) is 8.84. The number of hydrogen-bond acceptors (Lipinski definition) is 6. The third kappa shape index (κ3) is 6.18. The molecule has 6 nitrogen and oxygen atoms in total. The van der Waals surface area contributed by atoms with Crippen LogP contribution in [0, 0.1) is 0 Å². The first-order valence-electron chi connectivity index (χ1n) is 12.7. The molecule has 4 rings (SSSR count). The largest absolute Gasteiger partial charge is 0.381 e. The quantitative estimate of drug-likeness (QED) is 0.502. The van der Waals surface area contributed by atoms with Gasteiger partial charge in [0.25, 0.3) is 0 Å². The van der Waals surface area contributed by atoms with Gasteiger partial charge in [-0.05, 0) is 68.5 Å². The zero-order valence-corrected chi connectivity index (χ0v) is 20.5. The van der Waals surface area contributed by atoms with Gasteiger partial charge < -0.3 is 20.1 Å². The van der Waals surface area contributed by atoms with Crippen molar-refractivity contribution >= 4 is 0 Å². The SMILES string of the molecule is CCc1ccc([C@@H]2CCOC2)c(CNCCC(C)c2ccc([C@H]3CCOC3)c(CNC)n2)n1. The standard InChI is InChI=1S/C27H40N4O2/c1-4-22-5-6-23(20-10-13-32-17-20)27(30-22)16-29-12-9-19(2)25-8-7-24(21-11-14-33-18-21)26(31-25)15-28-3/h5-8,19-21,28-29H,4,9-18H2,1-3H3/t19?,20-,21+/m1/s1. The number of nitrogens with zero attached hydrogens (tertiary/aromatic N) is 2. The Balaban J connectivity index is 1.35. The summed E-state index contributed by atoms with van der Waals surface area (Å²) in [6.45, 7) is 10.4. The van der Waals surface area contributed by atoms with Crippen molar-refractivity contribution < 1.29 is 9.47 Å². The molecule has 0 radical (unpaired) electrons. The lowest BCUT2D eigenvalue weighted by Crippen LogP contribution is -2.20. The maximum Gasteiger partial charge on any atom is 0.0580 e. The Labute approximate surface area is 198 Å². The summed E-state index contributed by atoms with van der Waals surface area (Å²) < 4.78 is 11.2. The van der Waals surface area contributed by atoms with Gasteiger partial charge in [0.15, 0.2) is 0 Å². The van der Waals surface area contributed by atoms with Gasteiger partial charge in [0.05, 0.1) is 24.6 Å². The monoisotopic (exact) mass is 452 g/mol. The van der Waals surface area contributed by atoms with Crippen LogP contribution in [0.5, 0.6) is 0 Å². The van der Waals surface area contributed by atoms with Gasteiger partial charge in [-0.15, -0.1) is 0 Å². The lowest BCUT2D eigenvalue weighted by molar-refractivity contribution is 0.193. The van der Waals surface area contributed by atoms with E-state index in [4.69, 9.17) is 19.4 Å². The Morgan fingerprint density at radius 3 is 2.21 bits per heavy atom. The Morgan fingerprint density at radius 1 is 0.939 bits per heavy atom. The second-order valence-corrected chi connectivity index (χ2v) is 9.48. The molecule has 2 aliphatic heterocycles. The zero-order chi connectivity index (χ0) is 23.0. The molecule has 2 saturated heterocycles. The van der Waals surface area contributed by atoms with Gasteiger partial charge in [-0.3, -0.25) is 9.97 Å². The van der Waals surface area contributed by atoms with Crippen LogP contribution < -0.4 is 10.6 Å². The van der Waals surface area contributed by atoms with Crippen LogP contribution in [-0.2, 0) is 29.0 Å². The average Bonchev–Trinajstić information content (AvgIpc) is 3.56. The van der Waals surface area contributed by atoms with E-state index in [-0.39, 0.29) is 0 Å². The van der Waals surface area contributed by atoms with Crippen molar-refractivity contribution in [3.63, 3.8) is 0 Å². The number of rotatable bonds is 11. The van der Waals surface area contributed by atoms with Gasteiger partial charge in [0.2, 0.25) is 0 Å². The van der Waals surface area contributed by atoms with E-state index >= 15 is 0 Å². The van der Waals surface area contributed by atoms with Crippen LogP contribution in [0.4, 0.5) is 0 Å². The van der Waals surface area contributed by atoms with Gasteiger partial charge in [-0.25, -0.2) is 0 Å². The Bertz CT molecular complexity index is 892. The first-order chi connectivity index (χ1) is 16.2. The summed E-state index contributed by atoms with van der Waals surface area (Å²) in [5, 5.41) is 6.94. The summed E-state index contributed by atoms with van der Waals surface area (Å²) in [7, 11) is 1.99. The fourth-order valence-corrected chi connectivity index (χ4v) is 4.98. The molecule has 4 heterocycles. The van der Waals surface area contributed by atoms with E-state index in [1.165, 1.54) is 28.2 Å². The highest BCUT2D eigenvalue weighted by atomic mass is 16.5. The van der Waals surface area contributed by atoms with Crippen LogP contribution in [0.25, 0.3) is 0 Å². The molecular weight excluding hydrogens is 412 g/mol. The topological polar surface area (TPSA) is 68.3 Å². The normalized spacial score (nSPS) is 21.5. The summed E-state index contributed by atoms with van der Waals surface area (Å²) in [5.41, 5.74) is 7.41. The smallest absolute Gasteiger partial charge is 0.0580 e. The van der Waals surface area contributed by atoms with Crippen LogP contribution in [0.1, 0.15) is 84.8 Å². The fraction of sp³-hybridized carbons (Fsp3) is 0.630. The van der Waals surface area contributed by atoms with Crippen LogP contribution in [0.3, 0.4) is 0 Å². The molecule has 2 N–H and O–H groups in total. The van der Waals surface area contributed by atoms with Crippen molar-refractivity contribution in [2.75, 3.05) is 40.0 Å². The van der Waals surface area contributed by atoms with E-state index in [2.05, 4.69) is 48.7 Å². The number of hydrogen-bond donors (Lipinski definition) is 2. The third-order valence-electron chi connectivity index (χ3n) is 7.09. The molecule has 0 spiro atoms. The summed E-state index contributed by atoms with van der Waals surface area (Å²) in [6, 6.07) is 8.96. The van der Waals surface area contributed by atoms with Gasteiger partial charge in [0.1, 0.15) is 0 Å². The highest BCUT2D eigenvalue weighted by molar-refractivity contribution is 5.29. The molecule has 1 unspecified atom stereocenters. The molecule has 0 amide bonds. The lowest BCUT2D eigenvalue weighted by atomic mass is 9.94. The van der Waals surface area contributed by atoms with Crippen molar-refractivity contribution in [3.05, 3.63) is 58.2 Å². The highest BCUT2D eigenvalue weighted by Crippen LogP contribution is 2.30. The molecule has 2 aromatic rings. The van der Waals surface area contributed by atoms with Crippen LogP contribution in [0.2, 0.25) is 0 Å². The molecule has 0 saturated carbocycles. The molecule has 33 heavy (non-hydrogen) atoms. The van der Waals surface area contributed by atoms with E-state index in [0.717, 1.165) is 77.4 Å². The second-order valence-electron chi connectivity index (χ2n) is 9.48. The predicted octanol–water partition coefficient (Wildman–Crippen LogP) is 4.05. The Morgan fingerprint density at radius 2 is 1.61 bits per heavy atom. The summed E-state index contributed by atoms with van der Waals surface area (Å²) >= 11 is 0. The predicted molar refractivity (Wildman–Crippen MR) is 132 cm³/mol. The van der Waals surface area contributed by atoms with E-state index in [9.17, 15) is 0 Å². The van der Waals surface area contributed by atoms with Gasteiger partial charge in [0, 0.05) is 49.5 Å². The van der Waals surface area contributed by atoms with Crippen molar-refractivity contribution in [3.8, 4) is 0 Å². The first-order valence-corrected chi connectivity index (χ1v) is 12.7. The molecule has 0 bridgehead atoms. The lowest BCUT2D eigenvalue weighted by Gasteiger charge is -2.18. The Hall–Kier alpha value is -1.86. The first kappa shape index (κ1) is 24.3. The van der Waals surface area contributed by atoms with Gasteiger partial charge >= 0.3 is 0 Å². The molecule has 180 valence electrons. The minimum atomic E-state index is 0.402. The number of aryl methyl sites for hydroxylation is 1. The summed E-state index contributed by atoms with van der Waals surface area (Å²) in [6.07, 6.45) is 4.21. The molecular formula is C27H40N4O2. The van der Waals surface area contributed by atoms with E-state index < -0.39 is 0 Å². The number of nitrogens with one attached hydrogen (secondary N) is 2. The van der Waals surface area contributed by atoms with E-state index in [0.29, 0.717) is 17.8 Å². The van der Waals surface area contributed by atoms with E-state index in [1.54, 1.807) is 0 Å². The molecule has 3 atom stereocenters. The fourth-order valence-electron chi connectivity index (χ4n) is 4.98. The molecule has 2 aliphatic rings. The van der Waals surface area contributed by atoms with Crippen molar-refractivity contribution in [2.24, 2.45) is 0 Å². The van der Waals surface area contributed by atoms with Crippen LogP contribution in [0.15, 0.2) is 24.3 Å². The number of ether oxygens (including phenoxy) is 2. The molecule has 0 aliphatic carbocycles. The molecule has 2 aromatic heterocycles. The average molecular weight is 453 g/mol. The van der Waals surface area contributed by atoms with Crippen LogP contribution >= 0.6 is 0 Å². The van der Waals surface area contributed by atoms with Gasteiger partial charge in [-0.1, -0.05) is 26.0 Å². The van der Waals surface area contributed by atoms with E-state index in [1.807, 2.05) is 7.05 Å². The maximum absolute atomic E-state index is 5.63. The second kappa shape index (κ2) is 12.0. The number of aromatic nitrogens is 2. The van der Waals surface area contributed by atoms with Crippen LogP contribution in [-0.4, -0.2) is 50.0 Å². The minimum Gasteiger partial charge on any atom is -0.381 e. The molecule has 6 heteroatoms. The van der Waals surface area contributed by atoms with Crippen molar-refractivity contribution in [2.45, 2.75) is 70.4 Å². The molecule has 2 fully saturated rings. The van der Waals surface area contributed by atoms with Crippen molar-refractivity contribution in [1.82, 2.24) is 20.6 Å².